The van der Waals surface area contributed by atoms with E-state index in [9.17, 15) is 15.0 Å². The lowest BCUT2D eigenvalue weighted by molar-refractivity contribution is -0.0165. The molecular weight excluding hydrogens is 224 g/mol. The summed E-state index contributed by atoms with van der Waals surface area (Å²) in [6.07, 6.45) is -2.86. The first-order valence-electron chi connectivity index (χ1n) is 5.13. The molecule has 0 aliphatic carbocycles. The third kappa shape index (κ3) is 2.21. The van der Waals surface area contributed by atoms with Gasteiger partial charge in [0.1, 0.15) is 17.8 Å². The largest absolute Gasteiger partial charge is 0.422 e. The molecular formula is C12H12O5. The smallest absolute Gasteiger partial charge is 0.342 e. The summed E-state index contributed by atoms with van der Waals surface area (Å²) in [6.45, 7) is -0.632. The number of hydrogen-bond donors (Lipinski definition) is 3. The van der Waals surface area contributed by atoms with Crippen molar-refractivity contribution in [3.8, 4) is 0 Å². The molecule has 2 aromatic rings. The molecule has 2 rings (SSSR count). The van der Waals surface area contributed by atoms with E-state index < -0.39 is 24.4 Å². The first-order valence-corrected chi connectivity index (χ1v) is 5.13. The average Bonchev–Trinajstić information content (AvgIpc) is 2.36. The zero-order chi connectivity index (χ0) is 12.4. The minimum absolute atomic E-state index is 0.0646. The van der Waals surface area contributed by atoms with Gasteiger partial charge in [-0.2, -0.15) is 0 Å². The molecule has 2 unspecified atom stereocenters. The SMILES string of the molecule is O=c1oc2ccccc2cc1C(O)C(O)CO. The minimum atomic E-state index is -1.46. The standard InChI is InChI=1S/C12H12O5/c13-6-9(14)11(15)8-5-7-3-1-2-4-10(7)17-12(8)16/h1-5,9,11,13-15H,6H2. The van der Waals surface area contributed by atoms with Gasteiger partial charge in [0.25, 0.3) is 0 Å². The van der Waals surface area contributed by atoms with Gasteiger partial charge in [0.2, 0.25) is 0 Å². The number of para-hydroxylation sites is 1. The molecule has 1 aromatic heterocycles. The van der Waals surface area contributed by atoms with Crippen LogP contribution in [-0.2, 0) is 0 Å². The van der Waals surface area contributed by atoms with Crippen molar-refractivity contribution in [2.24, 2.45) is 0 Å². The maximum Gasteiger partial charge on any atom is 0.342 e. The molecule has 5 heteroatoms. The van der Waals surface area contributed by atoms with Crippen molar-refractivity contribution in [3.63, 3.8) is 0 Å². The van der Waals surface area contributed by atoms with E-state index in [0.717, 1.165) is 0 Å². The highest BCUT2D eigenvalue weighted by Gasteiger charge is 2.21. The Balaban J connectivity index is 2.54. The van der Waals surface area contributed by atoms with Gasteiger partial charge in [-0.1, -0.05) is 18.2 Å². The summed E-state index contributed by atoms with van der Waals surface area (Å²) in [4.78, 5) is 11.6. The molecule has 0 saturated heterocycles. The summed E-state index contributed by atoms with van der Waals surface area (Å²) >= 11 is 0. The predicted molar refractivity (Wildman–Crippen MR) is 60.5 cm³/mol. The van der Waals surface area contributed by atoms with Gasteiger partial charge in [0.15, 0.2) is 0 Å². The Morgan fingerprint density at radius 1 is 1.24 bits per heavy atom. The highest BCUT2D eigenvalue weighted by atomic mass is 16.4. The predicted octanol–water partition coefficient (Wildman–Crippen LogP) is 0.180. The van der Waals surface area contributed by atoms with E-state index in [0.29, 0.717) is 11.0 Å². The van der Waals surface area contributed by atoms with Crippen molar-refractivity contribution < 1.29 is 19.7 Å². The first-order chi connectivity index (χ1) is 8.13. The normalized spacial score (nSPS) is 14.8. The van der Waals surface area contributed by atoms with Crippen LogP contribution >= 0.6 is 0 Å². The van der Waals surface area contributed by atoms with Gasteiger partial charge in [-0.05, 0) is 12.1 Å². The Labute approximate surface area is 96.6 Å². The van der Waals surface area contributed by atoms with Crippen molar-refractivity contribution in [3.05, 3.63) is 46.3 Å². The van der Waals surface area contributed by atoms with Crippen LogP contribution in [0.3, 0.4) is 0 Å². The zero-order valence-electron chi connectivity index (χ0n) is 8.91. The van der Waals surface area contributed by atoms with Gasteiger partial charge in [-0.25, -0.2) is 4.79 Å². The maximum atomic E-state index is 11.6. The topological polar surface area (TPSA) is 90.9 Å². The van der Waals surface area contributed by atoms with E-state index in [-0.39, 0.29) is 5.56 Å². The molecule has 0 saturated carbocycles. The lowest BCUT2D eigenvalue weighted by Gasteiger charge is -2.14. The number of benzene rings is 1. The lowest BCUT2D eigenvalue weighted by Crippen LogP contribution is -2.26. The second kappa shape index (κ2) is 4.67. The molecule has 2 atom stereocenters. The first kappa shape index (κ1) is 11.8. The van der Waals surface area contributed by atoms with Gasteiger partial charge in [0.05, 0.1) is 12.2 Å². The van der Waals surface area contributed by atoms with E-state index in [2.05, 4.69) is 0 Å². The molecule has 0 spiro atoms. The summed E-state index contributed by atoms with van der Waals surface area (Å²) in [5, 5.41) is 28.3. The summed E-state index contributed by atoms with van der Waals surface area (Å²) in [6, 6.07) is 8.30. The monoisotopic (exact) mass is 236 g/mol. The van der Waals surface area contributed by atoms with Crippen molar-refractivity contribution in [1.82, 2.24) is 0 Å². The summed E-state index contributed by atoms with van der Waals surface area (Å²) in [7, 11) is 0. The van der Waals surface area contributed by atoms with Crippen LogP contribution in [0.15, 0.2) is 39.5 Å². The average molecular weight is 236 g/mol. The van der Waals surface area contributed by atoms with Crippen LogP contribution in [0.1, 0.15) is 11.7 Å². The fourth-order valence-electron chi connectivity index (χ4n) is 1.59. The minimum Gasteiger partial charge on any atom is -0.422 e. The Morgan fingerprint density at radius 2 is 1.94 bits per heavy atom. The second-order valence-electron chi connectivity index (χ2n) is 3.72. The molecule has 0 radical (unpaired) electrons. The zero-order valence-corrected chi connectivity index (χ0v) is 8.91. The number of aliphatic hydroxyl groups excluding tert-OH is 3. The van der Waals surface area contributed by atoms with Crippen LogP contribution in [-0.4, -0.2) is 28.0 Å². The van der Waals surface area contributed by atoms with Gasteiger partial charge in [0, 0.05) is 5.39 Å². The van der Waals surface area contributed by atoms with Crippen LogP contribution in [0.4, 0.5) is 0 Å². The van der Waals surface area contributed by atoms with Crippen LogP contribution in [0.25, 0.3) is 11.0 Å². The van der Waals surface area contributed by atoms with Gasteiger partial charge >= 0.3 is 5.63 Å². The van der Waals surface area contributed by atoms with Crippen LogP contribution < -0.4 is 5.63 Å². The number of fused-ring (bicyclic) bond motifs is 1. The third-order valence-electron chi connectivity index (χ3n) is 2.54. The molecule has 0 fully saturated rings. The molecule has 3 N–H and O–H groups in total. The molecule has 0 bridgehead atoms. The van der Waals surface area contributed by atoms with Gasteiger partial charge in [-0.15, -0.1) is 0 Å². The third-order valence-corrected chi connectivity index (χ3v) is 2.54. The Morgan fingerprint density at radius 3 is 2.65 bits per heavy atom. The fraction of sp³-hybridized carbons (Fsp3) is 0.250. The molecule has 0 aliphatic heterocycles. The maximum absolute atomic E-state index is 11.6. The highest BCUT2D eigenvalue weighted by molar-refractivity contribution is 5.76. The lowest BCUT2D eigenvalue weighted by atomic mass is 10.1. The number of rotatable bonds is 3. The quantitative estimate of drug-likeness (QED) is 0.661. The van der Waals surface area contributed by atoms with Crippen molar-refractivity contribution in [2.45, 2.75) is 12.2 Å². The Hall–Kier alpha value is -1.69. The number of aliphatic hydroxyl groups is 3. The molecule has 17 heavy (non-hydrogen) atoms. The van der Waals surface area contributed by atoms with E-state index in [1.165, 1.54) is 6.07 Å². The van der Waals surface area contributed by atoms with Crippen LogP contribution in [0, 0.1) is 0 Å². The van der Waals surface area contributed by atoms with Gasteiger partial charge < -0.3 is 19.7 Å². The fourth-order valence-corrected chi connectivity index (χ4v) is 1.59. The van der Waals surface area contributed by atoms with Crippen molar-refractivity contribution in [2.75, 3.05) is 6.61 Å². The molecule has 1 aromatic carbocycles. The highest BCUT2D eigenvalue weighted by Crippen LogP contribution is 2.18. The van der Waals surface area contributed by atoms with E-state index in [1.807, 2.05) is 0 Å². The van der Waals surface area contributed by atoms with E-state index in [1.54, 1.807) is 24.3 Å². The molecule has 0 aliphatic rings. The Kier molecular flexibility index (Phi) is 3.23. The van der Waals surface area contributed by atoms with Gasteiger partial charge in [-0.3, -0.25) is 0 Å². The second-order valence-corrected chi connectivity index (χ2v) is 3.72. The molecule has 5 nitrogen and oxygen atoms in total. The summed E-state index contributed by atoms with van der Waals surface area (Å²) in [5.74, 6) is 0. The van der Waals surface area contributed by atoms with Crippen LogP contribution in [0.5, 0.6) is 0 Å². The van der Waals surface area contributed by atoms with Crippen LogP contribution in [0.2, 0.25) is 0 Å². The van der Waals surface area contributed by atoms with E-state index >= 15 is 0 Å². The molecule has 1 heterocycles. The van der Waals surface area contributed by atoms with E-state index in [4.69, 9.17) is 9.52 Å². The molecule has 90 valence electrons. The Bertz CT molecular complexity index is 574. The molecule has 0 amide bonds. The summed E-state index contributed by atoms with van der Waals surface area (Å²) < 4.78 is 5.00. The number of hydrogen-bond acceptors (Lipinski definition) is 5. The van der Waals surface area contributed by atoms with Crippen molar-refractivity contribution in [1.29, 1.82) is 0 Å². The van der Waals surface area contributed by atoms with Crippen molar-refractivity contribution >= 4 is 11.0 Å². The summed E-state index contributed by atoms with van der Waals surface area (Å²) in [5.41, 5.74) is -0.374.